The van der Waals surface area contributed by atoms with Crippen LogP contribution in [0.25, 0.3) is 0 Å². The van der Waals surface area contributed by atoms with Gasteiger partial charge in [-0.05, 0) is 6.42 Å². The lowest BCUT2D eigenvalue weighted by atomic mass is 10.1. The van der Waals surface area contributed by atoms with Gasteiger partial charge in [-0.2, -0.15) is 18.4 Å². The molecule has 1 aliphatic rings. The number of alkyl halides is 3. The van der Waals surface area contributed by atoms with Crippen molar-refractivity contribution in [2.75, 3.05) is 6.54 Å². The molecule has 4 nitrogen and oxygen atoms in total. The predicted octanol–water partition coefficient (Wildman–Crippen LogP) is 1.78. The molecule has 1 aliphatic heterocycles. The molecule has 1 heterocycles. The summed E-state index contributed by atoms with van der Waals surface area (Å²) < 4.78 is 40.6. The lowest BCUT2D eigenvalue weighted by molar-refractivity contribution is -0.224. The number of ether oxygens (including phenoxy) is 1. The molecule has 1 unspecified atom stereocenters. The number of nitriles is 1. The van der Waals surface area contributed by atoms with E-state index in [2.05, 4.69) is 4.74 Å². The van der Waals surface area contributed by atoms with Crippen molar-refractivity contribution in [3.05, 3.63) is 0 Å². The van der Waals surface area contributed by atoms with E-state index in [0.29, 0.717) is 13.0 Å². The molecule has 1 rings (SSSR count). The number of hydrogen-bond acceptors (Lipinski definition) is 4. The summed E-state index contributed by atoms with van der Waals surface area (Å²) in [7, 11) is 0. The van der Waals surface area contributed by atoms with Crippen LogP contribution >= 0.6 is 0 Å². The lowest BCUT2D eigenvalue weighted by Crippen LogP contribution is -2.47. The van der Waals surface area contributed by atoms with Crippen LogP contribution in [0.5, 0.6) is 0 Å². The van der Waals surface area contributed by atoms with E-state index in [-0.39, 0.29) is 12.8 Å². The Hall–Kier alpha value is -1.45. The fraction of sp³-hybridized carbons (Fsp3) is 0.778. The first-order valence-corrected chi connectivity index (χ1v) is 4.83. The van der Waals surface area contributed by atoms with E-state index in [1.807, 2.05) is 0 Å². The van der Waals surface area contributed by atoms with Crippen LogP contribution in [0.1, 0.15) is 26.2 Å². The first-order chi connectivity index (χ1) is 7.35. The summed E-state index contributed by atoms with van der Waals surface area (Å²) in [6.07, 6.45) is -2.33. The molecule has 0 aromatic carbocycles. The van der Waals surface area contributed by atoms with Gasteiger partial charge in [0.25, 0.3) is 0 Å². The third-order valence-corrected chi connectivity index (χ3v) is 2.63. The van der Waals surface area contributed by atoms with E-state index in [9.17, 15) is 18.0 Å². The highest BCUT2D eigenvalue weighted by Crippen LogP contribution is 2.35. The van der Waals surface area contributed by atoms with Crippen molar-refractivity contribution in [1.29, 1.82) is 5.26 Å². The smallest absolute Gasteiger partial charge is 0.432 e. The first-order valence-electron chi connectivity index (χ1n) is 4.83. The molecule has 7 heteroatoms. The van der Waals surface area contributed by atoms with Crippen LogP contribution in [-0.2, 0) is 9.53 Å². The fourth-order valence-corrected chi connectivity index (χ4v) is 1.77. The fourth-order valence-electron chi connectivity index (χ4n) is 1.77. The molecule has 0 saturated carbocycles. The number of rotatable bonds is 2. The Morgan fingerprint density at radius 1 is 1.62 bits per heavy atom. The Kier molecular flexibility index (Phi) is 3.31. The molecule has 1 fully saturated rings. The molecule has 0 bridgehead atoms. The molecule has 0 amide bonds. The van der Waals surface area contributed by atoms with Crippen LogP contribution in [0.3, 0.4) is 0 Å². The summed E-state index contributed by atoms with van der Waals surface area (Å²) in [5.74, 6) is -2.24. The van der Waals surface area contributed by atoms with E-state index in [1.165, 1.54) is 0 Å². The van der Waals surface area contributed by atoms with Gasteiger partial charge in [-0.3, -0.25) is 4.90 Å². The van der Waals surface area contributed by atoms with Crippen LogP contribution in [0.15, 0.2) is 0 Å². The molecule has 90 valence electrons. The van der Waals surface area contributed by atoms with Crippen LogP contribution < -0.4 is 0 Å². The lowest BCUT2D eigenvalue weighted by Gasteiger charge is -2.33. The third kappa shape index (κ3) is 2.21. The minimum absolute atomic E-state index is 0.155. The Morgan fingerprint density at radius 2 is 2.25 bits per heavy atom. The normalized spacial score (nSPS) is 25.3. The van der Waals surface area contributed by atoms with Crippen molar-refractivity contribution in [3.8, 4) is 6.19 Å². The SMILES string of the molecule is CCC1(OC(=O)C(F)(F)F)CCCN1C#N. The average molecular weight is 236 g/mol. The molecular weight excluding hydrogens is 225 g/mol. The Bertz CT molecular complexity index is 324. The Labute approximate surface area is 90.6 Å². The van der Waals surface area contributed by atoms with Gasteiger partial charge in [-0.15, -0.1) is 0 Å². The predicted molar refractivity (Wildman–Crippen MR) is 46.7 cm³/mol. The van der Waals surface area contributed by atoms with Gasteiger partial charge in [0.2, 0.25) is 0 Å². The summed E-state index contributed by atoms with van der Waals surface area (Å²) in [6.45, 7) is 1.90. The standard InChI is InChI=1S/C9H11F3N2O2/c1-2-8(4-3-5-14(8)6-13)16-7(15)9(10,11)12/h2-5H2,1H3. The van der Waals surface area contributed by atoms with Gasteiger partial charge in [-0.1, -0.05) is 6.92 Å². The number of nitrogens with zero attached hydrogens (tertiary/aromatic N) is 2. The Balaban J connectivity index is 2.83. The van der Waals surface area contributed by atoms with E-state index in [4.69, 9.17) is 5.26 Å². The van der Waals surface area contributed by atoms with Crippen LogP contribution in [-0.4, -0.2) is 29.3 Å². The molecular formula is C9H11F3N2O2. The van der Waals surface area contributed by atoms with Crippen molar-refractivity contribution in [3.63, 3.8) is 0 Å². The number of carbonyl (C=O) groups is 1. The average Bonchev–Trinajstić information content (AvgIpc) is 2.60. The number of halogens is 3. The zero-order chi connectivity index (χ0) is 12.4. The largest absolute Gasteiger partial charge is 0.491 e. The van der Waals surface area contributed by atoms with Crippen molar-refractivity contribution < 1.29 is 22.7 Å². The molecule has 0 spiro atoms. The van der Waals surface area contributed by atoms with E-state index in [0.717, 1.165) is 4.90 Å². The van der Waals surface area contributed by atoms with Gasteiger partial charge >= 0.3 is 12.1 Å². The van der Waals surface area contributed by atoms with Gasteiger partial charge in [0.05, 0.1) is 0 Å². The van der Waals surface area contributed by atoms with Crippen molar-refractivity contribution in [2.45, 2.75) is 38.1 Å². The molecule has 1 saturated heterocycles. The molecule has 0 aliphatic carbocycles. The second kappa shape index (κ2) is 4.20. The third-order valence-electron chi connectivity index (χ3n) is 2.63. The second-order valence-corrected chi connectivity index (χ2v) is 3.54. The van der Waals surface area contributed by atoms with Crippen LogP contribution in [0.2, 0.25) is 0 Å². The van der Waals surface area contributed by atoms with Crippen molar-refractivity contribution in [1.82, 2.24) is 4.90 Å². The van der Waals surface area contributed by atoms with Gasteiger partial charge in [0.15, 0.2) is 11.9 Å². The van der Waals surface area contributed by atoms with Crippen molar-refractivity contribution >= 4 is 5.97 Å². The van der Waals surface area contributed by atoms with Crippen molar-refractivity contribution in [2.24, 2.45) is 0 Å². The quantitative estimate of drug-likeness (QED) is 0.541. The van der Waals surface area contributed by atoms with Gasteiger partial charge in [-0.25, -0.2) is 4.79 Å². The topological polar surface area (TPSA) is 53.3 Å². The molecule has 0 aromatic heterocycles. The molecule has 0 N–H and O–H groups in total. The summed E-state index contributed by atoms with van der Waals surface area (Å²) in [5.41, 5.74) is -1.42. The maximum atomic E-state index is 12.1. The van der Waals surface area contributed by atoms with E-state index in [1.54, 1.807) is 13.1 Å². The zero-order valence-electron chi connectivity index (χ0n) is 8.67. The highest BCUT2D eigenvalue weighted by molar-refractivity contribution is 5.76. The first kappa shape index (κ1) is 12.6. The highest BCUT2D eigenvalue weighted by Gasteiger charge is 2.50. The van der Waals surface area contributed by atoms with Gasteiger partial charge in [0, 0.05) is 19.4 Å². The van der Waals surface area contributed by atoms with Crippen LogP contribution in [0.4, 0.5) is 13.2 Å². The van der Waals surface area contributed by atoms with Gasteiger partial charge < -0.3 is 4.74 Å². The summed E-state index contributed by atoms with van der Waals surface area (Å²) in [6, 6.07) is 0. The maximum absolute atomic E-state index is 12.1. The molecule has 1 atom stereocenters. The van der Waals surface area contributed by atoms with E-state index >= 15 is 0 Å². The minimum atomic E-state index is -5.02. The van der Waals surface area contributed by atoms with Crippen LogP contribution in [0, 0.1) is 11.5 Å². The summed E-state index contributed by atoms with van der Waals surface area (Å²) in [4.78, 5) is 11.9. The number of likely N-dealkylation sites (tertiary alicyclic amines) is 1. The summed E-state index contributed by atoms with van der Waals surface area (Å²) >= 11 is 0. The van der Waals surface area contributed by atoms with Gasteiger partial charge in [0.1, 0.15) is 0 Å². The molecule has 0 aromatic rings. The Morgan fingerprint density at radius 3 is 2.69 bits per heavy atom. The second-order valence-electron chi connectivity index (χ2n) is 3.54. The number of hydrogen-bond donors (Lipinski definition) is 0. The molecule has 0 radical (unpaired) electrons. The van der Waals surface area contributed by atoms with E-state index < -0.39 is 17.9 Å². The monoisotopic (exact) mass is 236 g/mol. The molecule has 16 heavy (non-hydrogen) atoms. The summed E-state index contributed by atoms with van der Waals surface area (Å²) in [5, 5.41) is 8.75. The zero-order valence-corrected chi connectivity index (χ0v) is 8.67. The highest BCUT2D eigenvalue weighted by atomic mass is 19.4. The minimum Gasteiger partial charge on any atom is -0.432 e. The maximum Gasteiger partial charge on any atom is 0.491 e. The number of carbonyl (C=O) groups excluding carboxylic acids is 1. The number of esters is 1.